The SMILES string of the molecule is CCCOc1ccc(Br)cc1/C=N\NC(=O)COc1cccc(F)c1. The summed E-state index contributed by atoms with van der Waals surface area (Å²) in [6.07, 6.45) is 2.39. The first-order valence-electron chi connectivity index (χ1n) is 7.71. The van der Waals surface area contributed by atoms with E-state index in [0.717, 1.165) is 16.5 Å². The Morgan fingerprint density at radius 2 is 2.12 bits per heavy atom. The minimum absolute atomic E-state index is 0.265. The molecule has 7 heteroatoms. The number of carbonyl (C=O) groups excluding carboxylic acids is 1. The third-order valence-electron chi connectivity index (χ3n) is 2.99. The summed E-state index contributed by atoms with van der Waals surface area (Å²) in [7, 11) is 0. The first-order valence-corrected chi connectivity index (χ1v) is 8.50. The molecule has 0 aliphatic heterocycles. The van der Waals surface area contributed by atoms with Gasteiger partial charge in [-0.05, 0) is 36.8 Å². The lowest BCUT2D eigenvalue weighted by Crippen LogP contribution is -2.24. The Hall–Kier alpha value is -2.41. The van der Waals surface area contributed by atoms with Crippen molar-refractivity contribution in [3.05, 3.63) is 58.3 Å². The number of hydrogen-bond donors (Lipinski definition) is 1. The molecule has 0 radical (unpaired) electrons. The van der Waals surface area contributed by atoms with Crippen LogP contribution in [-0.2, 0) is 4.79 Å². The molecule has 0 atom stereocenters. The smallest absolute Gasteiger partial charge is 0.277 e. The predicted molar refractivity (Wildman–Crippen MR) is 97.6 cm³/mol. The summed E-state index contributed by atoms with van der Waals surface area (Å²) in [5.74, 6) is 0.0807. The molecule has 1 amide bonds. The highest BCUT2D eigenvalue weighted by molar-refractivity contribution is 9.10. The Morgan fingerprint density at radius 1 is 1.28 bits per heavy atom. The molecule has 0 unspecified atom stereocenters. The van der Waals surface area contributed by atoms with Crippen molar-refractivity contribution in [1.82, 2.24) is 5.43 Å². The number of nitrogens with zero attached hydrogens (tertiary/aromatic N) is 1. The predicted octanol–water partition coefficient (Wildman–Crippen LogP) is 3.91. The molecular weight excluding hydrogens is 391 g/mol. The van der Waals surface area contributed by atoms with Crippen LogP contribution in [0.3, 0.4) is 0 Å². The van der Waals surface area contributed by atoms with Crippen LogP contribution in [0.5, 0.6) is 11.5 Å². The molecule has 2 rings (SSSR count). The molecule has 25 heavy (non-hydrogen) atoms. The van der Waals surface area contributed by atoms with Crippen LogP contribution in [0.2, 0.25) is 0 Å². The van der Waals surface area contributed by atoms with Gasteiger partial charge in [-0.1, -0.05) is 28.9 Å². The summed E-state index contributed by atoms with van der Waals surface area (Å²) in [6, 6.07) is 11.1. The second kappa shape index (κ2) is 9.78. The van der Waals surface area contributed by atoms with Crippen molar-refractivity contribution in [3.8, 4) is 11.5 Å². The van der Waals surface area contributed by atoms with Gasteiger partial charge in [0.05, 0.1) is 12.8 Å². The van der Waals surface area contributed by atoms with Crippen LogP contribution in [0, 0.1) is 5.82 Å². The largest absolute Gasteiger partial charge is 0.493 e. The first-order chi connectivity index (χ1) is 12.1. The van der Waals surface area contributed by atoms with Gasteiger partial charge in [-0.2, -0.15) is 5.10 Å². The van der Waals surface area contributed by atoms with E-state index in [-0.39, 0.29) is 12.4 Å². The van der Waals surface area contributed by atoms with Gasteiger partial charge in [-0.25, -0.2) is 9.82 Å². The normalized spacial score (nSPS) is 10.7. The van der Waals surface area contributed by atoms with Gasteiger partial charge >= 0.3 is 0 Å². The maximum Gasteiger partial charge on any atom is 0.277 e. The summed E-state index contributed by atoms with van der Waals surface area (Å²) in [5, 5.41) is 3.90. The molecule has 5 nitrogen and oxygen atoms in total. The summed E-state index contributed by atoms with van der Waals surface area (Å²) < 4.78 is 24.7. The Morgan fingerprint density at radius 3 is 2.88 bits per heavy atom. The number of nitrogens with one attached hydrogen (secondary N) is 1. The average Bonchev–Trinajstić information content (AvgIpc) is 2.59. The second-order valence-electron chi connectivity index (χ2n) is 5.07. The van der Waals surface area contributed by atoms with Crippen molar-refractivity contribution in [2.24, 2.45) is 5.10 Å². The maximum atomic E-state index is 13.0. The van der Waals surface area contributed by atoms with Gasteiger partial charge in [-0.15, -0.1) is 0 Å². The Bertz CT molecular complexity index is 753. The molecule has 0 bridgehead atoms. The van der Waals surface area contributed by atoms with Crippen LogP contribution >= 0.6 is 15.9 Å². The summed E-state index contributed by atoms with van der Waals surface area (Å²) in [5.41, 5.74) is 3.09. The van der Waals surface area contributed by atoms with E-state index in [0.29, 0.717) is 12.4 Å². The molecule has 0 fully saturated rings. The van der Waals surface area contributed by atoms with E-state index in [9.17, 15) is 9.18 Å². The second-order valence-corrected chi connectivity index (χ2v) is 5.99. The average molecular weight is 409 g/mol. The van der Waals surface area contributed by atoms with Gasteiger partial charge in [0.2, 0.25) is 0 Å². The van der Waals surface area contributed by atoms with Gasteiger partial charge in [-0.3, -0.25) is 4.79 Å². The number of hydrogen-bond acceptors (Lipinski definition) is 4. The number of rotatable bonds is 8. The summed E-state index contributed by atoms with van der Waals surface area (Å²) in [4.78, 5) is 11.7. The van der Waals surface area contributed by atoms with Crippen molar-refractivity contribution < 1.29 is 18.7 Å². The zero-order valence-electron chi connectivity index (χ0n) is 13.7. The van der Waals surface area contributed by atoms with Crippen molar-refractivity contribution in [2.75, 3.05) is 13.2 Å². The molecular formula is C18H18BrFN2O3. The molecule has 0 spiro atoms. The fraction of sp³-hybridized carbons (Fsp3) is 0.222. The zero-order chi connectivity index (χ0) is 18.1. The Kier molecular flexibility index (Phi) is 7.40. The molecule has 1 N–H and O–H groups in total. The van der Waals surface area contributed by atoms with Crippen molar-refractivity contribution in [2.45, 2.75) is 13.3 Å². The third-order valence-corrected chi connectivity index (χ3v) is 3.49. The monoisotopic (exact) mass is 408 g/mol. The van der Waals surface area contributed by atoms with Crippen LogP contribution in [0.25, 0.3) is 0 Å². The fourth-order valence-corrected chi connectivity index (χ4v) is 2.25. The van der Waals surface area contributed by atoms with Gasteiger partial charge in [0.15, 0.2) is 6.61 Å². The highest BCUT2D eigenvalue weighted by Gasteiger charge is 2.04. The lowest BCUT2D eigenvalue weighted by molar-refractivity contribution is -0.123. The fourth-order valence-electron chi connectivity index (χ4n) is 1.88. The van der Waals surface area contributed by atoms with E-state index in [1.165, 1.54) is 24.4 Å². The zero-order valence-corrected chi connectivity index (χ0v) is 15.3. The molecule has 0 saturated carbocycles. The first kappa shape index (κ1) is 18.9. The van der Waals surface area contributed by atoms with Gasteiger partial charge in [0.25, 0.3) is 5.91 Å². The van der Waals surface area contributed by atoms with Crippen LogP contribution in [0.15, 0.2) is 52.0 Å². The van der Waals surface area contributed by atoms with E-state index < -0.39 is 11.7 Å². The van der Waals surface area contributed by atoms with Crippen molar-refractivity contribution >= 4 is 28.1 Å². The lowest BCUT2D eigenvalue weighted by Gasteiger charge is -2.08. The number of hydrazone groups is 1. The van der Waals surface area contributed by atoms with E-state index in [1.54, 1.807) is 6.07 Å². The minimum Gasteiger partial charge on any atom is -0.493 e. The van der Waals surface area contributed by atoms with Gasteiger partial charge in [0, 0.05) is 16.1 Å². The Balaban J connectivity index is 1.89. The van der Waals surface area contributed by atoms with Crippen LogP contribution < -0.4 is 14.9 Å². The van der Waals surface area contributed by atoms with E-state index in [4.69, 9.17) is 9.47 Å². The highest BCUT2D eigenvalue weighted by atomic mass is 79.9. The van der Waals surface area contributed by atoms with E-state index in [1.807, 2.05) is 25.1 Å². The van der Waals surface area contributed by atoms with Crippen LogP contribution in [0.4, 0.5) is 4.39 Å². The molecule has 0 aliphatic rings. The number of halogens is 2. The van der Waals surface area contributed by atoms with E-state index in [2.05, 4.69) is 26.5 Å². The Labute approximate surface area is 154 Å². The number of carbonyl (C=O) groups is 1. The summed E-state index contributed by atoms with van der Waals surface area (Å²) >= 11 is 3.39. The van der Waals surface area contributed by atoms with E-state index >= 15 is 0 Å². The number of benzene rings is 2. The van der Waals surface area contributed by atoms with Crippen LogP contribution in [0.1, 0.15) is 18.9 Å². The van der Waals surface area contributed by atoms with Crippen molar-refractivity contribution in [3.63, 3.8) is 0 Å². The molecule has 132 valence electrons. The topological polar surface area (TPSA) is 59.9 Å². The quantitative estimate of drug-likeness (QED) is 0.532. The minimum atomic E-state index is -0.452. The summed E-state index contributed by atoms with van der Waals surface area (Å²) in [6.45, 7) is 2.35. The van der Waals surface area contributed by atoms with Gasteiger partial charge < -0.3 is 9.47 Å². The molecule has 0 heterocycles. The number of amides is 1. The molecule has 0 aromatic heterocycles. The van der Waals surface area contributed by atoms with Crippen LogP contribution in [-0.4, -0.2) is 25.3 Å². The standard InChI is InChI=1S/C18H18BrFN2O3/c1-2-8-24-17-7-6-14(19)9-13(17)11-21-22-18(23)12-25-16-5-3-4-15(20)10-16/h3-7,9-11H,2,8,12H2,1H3,(H,22,23)/b21-11-. The molecule has 0 saturated heterocycles. The lowest BCUT2D eigenvalue weighted by atomic mass is 10.2. The third kappa shape index (κ3) is 6.54. The molecule has 0 aliphatic carbocycles. The maximum absolute atomic E-state index is 13.0. The molecule has 2 aromatic carbocycles. The molecule has 2 aromatic rings. The van der Waals surface area contributed by atoms with Crippen molar-refractivity contribution in [1.29, 1.82) is 0 Å². The highest BCUT2D eigenvalue weighted by Crippen LogP contribution is 2.22. The number of ether oxygens (including phenoxy) is 2. The van der Waals surface area contributed by atoms with Gasteiger partial charge in [0.1, 0.15) is 17.3 Å².